The molecule has 2 rings (SSSR count). The minimum Gasteiger partial charge on any atom is -0.506 e. The van der Waals surface area contributed by atoms with E-state index in [0.29, 0.717) is 11.0 Å². The molecule has 0 spiro atoms. The smallest absolute Gasteiger partial charge is 0.134 e. The second-order valence-corrected chi connectivity index (χ2v) is 5.48. The molecule has 4 heteroatoms. The third-order valence-corrected chi connectivity index (χ3v) is 3.90. The maximum atomic E-state index is 9.96. The van der Waals surface area contributed by atoms with Crippen LogP contribution < -0.4 is 10.1 Å². The zero-order valence-electron chi connectivity index (χ0n) is 11.6. The van der Waals surface area contributed by atoms with Crippen LogP contribution in [0.15, 0.2) is 46.9 Å². The summed E-state index contributed by atoms with van der Waals surface area (Å²) in [7, 11) is 1.66. The number of halogens is 1. The van der Waals surface area contributed by atoms with E-state index in [1.54, 1.807) is 7.11 Å². The van der Waals surface area contributed by atoms with Crippen LogP contribution in [0.1, 0.15) is 24.1 Å². The second kappa shape index (κ2) is 6.77. The maximum Gasteiger partial charge on any atom is 0.134 e. The molecule has 0 saturated heterocycles. The van der Waals surface area contributed by atoms with Crippen LogP contribution in [0.25, 0.3) is 0 Å². The lowest BCUT2D eigenvalue weighted by molar-refractivity contribution is 0.413. The highest BCUT2D eigenvalue weighted by molar-refractivity contribution is 9.10. The zero-order valence-corrected chi connectivity index (χ0v) is 13.1. The quantitative estimate of drug-likeness (QED) is 0.867. The van der Waals surface area contributed by atoms with Gasteiger partial charge in [0.1, 0.15) is 11.5 Å². The molecule has 0 fully saturated rings. The van der Waals surface area contributed by atoms with E-state index in [2.05, 4.69) is 34.2 Å². The molecule has 1 atom stereocenters. The van der Waals surface area contributed by atoms with Gasteiger partial charge in [0.2, 0.25) is 0 Å². The summed E-state index contributed by atoms with van der Waals surface area (Å²) in [6.45, 7) is 2.69. The predicted molar refractivity (Wildman–Crippen MR) is 84.1 cm³/mol. The van der Waals surface area contributed by atoms with Crippen molar-refractivity contribution in [1.29, 1.82) is 0 Å². The highest BCUT2D eigenvalue weighted by atomic mass is 79.9. The number of methoxy groups -OCH3 is 1. The van der Waals surface area contributed by atoms with Crippen molar-refractivity contribution in [3.63, 3.8) is 0 Å². The van der Waals surface area contributed by atoms with Gasteiger partial charge < -0.3 is 15.2 Å². The van der Waals surface area contributed by atoms with E-state index in [-0.39, 0.29) is 11.8 Å². The van der Waals surface area contributed by atoms with Crippen molar-refractivity contribution in [3.8, 4) is 11.5 Å². The largest absolute Gasteiger partial charge is 0.506 e. The Morgan fingerprint density at radius 2 is 2.00 bits per heavy atom. The molecule has 0 saturated carbocycles. The van der Waals surface area contributed by atoms with Crippen LogP contribution in [0.4, 0.5) is 0 Å². The molecule has 2 aromatic rings. The summed E-state index contributed by atoms with van der Waals surface area (Å²) < 4.78 is 5.94. The van der Waals surface area contributed by atoms with Gasteiger partial charge in [-0.25, -0.2) is 0 Å². The molecule has 2 N–H and O–H groups in total. The molecule has 2 aromatic carbocycles. The summed E-state index contributed by atoms with van der Waals surface area (Å²) in [6.07, 6.45) is 0. The number of phenolic OH excluding ortho intramolecular Hbond substituents is 1. The molecule has 3 nitrogen and oxygen atoms in total. The number of ether oxygens (including phenoxy) is 1. The lowest BCUT2D eigenvalue weighted by Crippen LogP contribution is -2.18. The van der Waals surface area contributed by atoms with Crippen molar-refractivity contribution in [2.45, 2.75) is 19.5 Å². The van der Waals surface area contributed by atoms with Crippen molar-refractivity contribution in [2.75, 3.05) is 7.11 Å². The van der Waals surface area contributed by atoms with Gasteiger partial charge in [-0.3, -0.25) is 0 Å². The Morgan fingerprint density at radius 3 is 2.75 bits per heavy atom. The van der Waals surface area contributed by atoms with Crippen molar-refractivity contribution in [3.05, 3.63) is 58.1 Å². The molecule has 20 heavy (non-hydrogen) atoms. The van der Waals surface area contributed by atoms with Crippen LogP contribution >= 0.6 is 15.9 Å². The van der Waals surface area contributed by atoms with Gasteiger partial charge in [-0.1, -0.05) is 24.3 Å². The van der Waals surface area contributed by atoms with Gasteiger partial charge in [-0.2, -0.15) is 0 Å². The Kier molecular flexibility index (Phi) is 5.04. The minimum atomic E-state index is 0.170. The number of para-hydroxylation sites is 1. The number of rotatable bonds is 5. The molecule has 0 aliphatic rings. The number of hydrogen-bond donors (Lipinski definition) is 2. The minimum absolute atomic E-state index is 0.170. The Morgan fingerprint density at radius 1 is 1.25 bits per heavy atom. The van der Waals surface area contributed by atoms with Crippen LogP contribution in [-0.4, -0.2) is 12.2 Å². The van der Waals surface area contributed by atoms with Gasteiger partial charge in [0.15, 0.2) is 0 Å². The van der Waals surface area contributed by atoms with Crippen molar-refractivity contribution in [2.24, 2.45) is 0 Å². The van der Waals surface area contributed by atoms with Crippen molar-refractivity contribution in [1.82, 2.24) is 5.32 Å². The van der Waals surface area contributed by atoms with Gasteiger partial charge in [0.05, 0.1) is 11.6 Å². The number of hydrogen-bond acceptors (Lipinski definition) is 3. The fourth-order valence-corrected chi connectivity index (χ4v) is 2.40. The summed E-state index contributed by atoms with van der Waals surface area (Å²) in [5.74, 6) is 1.14. The molecule has 0 aromatic heterocycles. The van der Waals surface area contributed by atoms with Crippen LogP contribution in [0.3, 0.4) is 0 Å². The Balaban J connectivity index is 2.04. The Hall–Kier alpha value is -1.52. The normalized spacial score (nSPS) is 12.2. The molecule has 0 amide bonds. The number of nitrogens with one attached hydrogen (secondary N) is 1. The molecule has 1 unspecified atom stereocenters. The third-order valence-electron chi connectivity index (χ3n) is 3.26. The lowest BCUT2D eigenvalue weighted by Gasteiger charge is -2.16. The van der Waals surface area contributed by atoms with Gasteiger partial charge in [0.25, 0.3) is 0 Å². The molecule has 0 heterocycles. The summed E-state index contributed by atoms with van der Waals surface area (Å²) in [5.41, 5.74) is 2.02. The van der Waals surface area contributed by atoms with E-state index in [0.717, 1.165) is 16.9 Å². The topological polar surface area (TPSA) is 41.5 Å². The van der Waals surface area contributed by atoms with E-state index >= 15 is 0 Å². The van der Waals surface area contributed by atoms with E-state index in [1.165, 1.54) is 0 Å². The second-order valence-electron chi connectivity index (χ2n) is 4.63. The van der Waals surface area contributed by atoms with Gasteiger partial charge >= 0.3 is 0 Å². The molecule has 106 valence electrons. The van der Waals surface area contributed by atoms with Gasteiger partial charge in [0, 0.05) is 18.2 Å². The van der Waals surface area contributed by atoms with Crippen LogP contribution in [0.5, 0.6) is 11.5 Å². The van der Waals surface area contributed by atoms with Gasteiger partial charge in [-0.05, 0) is 46.6 Å². The van der Waals surface area contributed by atoms with Crippen molar-refractivity contribution < 1.29 is 9.84 Å². The highest BCUT2D eigenvalue weighted by Gasteiger charge is 2.09. The zero-order chi connectivity index (χ0) is 14.5. The molecular weight excluding hydrogens is 318 g/mol. The first-order valence-corrected chi connectivity index (χ1v) is 7.25. The summed E-state index contributed by atoms with van der Waals surface area (Å²) >= 11 is 3.32. The monoisotopic (exact) mass is 335 g/mol. The third kappa shape index (κ3) is 3.52. The van der Waals surface area contributed by atoms with E-state index in [4.69, 9.17) is 4.74 Å². The lowest BCUT2D eigenvalue weighted by atomic mass is 10.1. The van der Waals surface area contributed by atoms with Crippen LogP contribution in [0, 0.1) is 0 Å². The number of aromatic hydroxyl groups is 1. The van der Waals surface area contributed by atoms with Crippen molar-refractivity contribution >= 4 is 15.9 Å². The average Bonchev–Trinajstić information content (AvgIpc) is 2.48. The first-order chi connectivity index (χ1) is 9.61. The summed E-state index contributed by atoms with van der Waals surface area (Å²) in [5, 5.41) is 13.4. The van der Waals surface area contributed by atoms with Crippen LogP contribution in [0.2, 0.25) is 0 Å². The Labute approximate surface area is 127 Å². The standard InChI is InChI=1S/C16H18BrNO2/c1-11(12-5-3-7-14(9-12)20-2)18-10-13-6-4-8-15(17)16(13)19/h3-9,11,18-19H,10H2,1-2H3. The Bertz CT molecular complexity index is 586. The first-order valence-electron chi connectivity index (χ1n) is 6.45. The van der Waals surface area contributed by atoms with E-state index in [1.807, 2.05) is 36.4 Å². The molecule has 0 bridgehead atoms. The number of phenols is 1. The van der Waals surface area contributed by atoms with Crippen LogP contribution in [-0.2, 0) is 6.54 Å². The fraction of sp³-hybridized carbons (Fsp3) is 0.250. The van der Waals surface area contributed by atoms with Gasteiger partial charge in [-0.15, -0.1) is 0 Å². The van der Waals surface area contributed by atoms with E-state index in [9.17, 15) is 5.11 Å². The SMILES string of the molecule is COc1cccc(C(C)NCc2cccc(Br)c2O)c1. The highest BCUT2D eigenvalue weighted by Crippen LogP contribution is 2.28. The summed E-state index contributed by atoms with van der Waals surface area (Å²) in [6, 6.07) is 13.8. The predicted octanol–water partition coefficient (Wildman–Crippen LogP) is 4.01. The fourth-order valence-electron chi connectivity index (χ4n) is 1.99. The summed E-state index contributed by atoms with van der Waals surface area (Å²) in [4.78, 5) is 0. The molecular formula is C16H18BrNO2. The number of benzene rings is 2. The average molecular weight is 336 g/mol. The van der Waals surface area contributed by atoms with E-state index < -0.39 is 0 Å². The molecule has 0 radical (unpaired) electrons. The first kappa shape index (κ1) is 14.9. The molecule has 0 aliphatic heterocycles. The maximum absolute atomic E-state index is 9.96. The molecule has 0 aliphatic carbocycles.